The van der Waals surface area contributed by atoms with Crippen molar-refractivity contribution in [1.82, 2.24) is 4.90 Å². The highest BCUT2D eigenvalue weighted by Crippen LogP contribution is 2.40. The summed E-state index contributed by atoms with van der Waals surface area (Å²) in [7, 11) is 1.55. The highest BCUT2D eigenvalue weighted by atomic mass is 35.5. The Balaban J connectivity index is 1.60. The number of rotatable bonds is 9. The molecule has 0 unspecified atom stereocenters. The Morgan fingerprint density at radius 3 is 2.46 bits per heavy atom. The van der Waals surface area contributed by atoms with Gasteiger partial charge in [-0.2, -0.15) is 5.26 Å². The van der Waals surface area contributed by atoms with Crippen molar-refractivity contribution in [3.05, 3.63) is 94.0 Å². The first-order chi connectivity index (χ1) is 17.6. The van der Waals surface area contributed by atoms with Crippen LogP contribution in [0.15, 0.2) is 66.7 Å². The number of ether oxygens (including phenoxy) is 1. The van der Waals surface area contributed by atoms with Gasteiger partial charge in [0.2, 0.25) is 0 Å². The lowest BCUT2D eigenvalue weighted by atomic mass is 10.1. The summed E-state index contributed by atoms with van der Waals surface area (Å²) in [5.74, 6) is -0.0478. The number of alkyl halides is 3. The second-order valence-electron chi connectivity index (χ2n) is 9.01. The van der Waals surface area contributed by atoms with E-state index in [4.69, 9.17) is 11.6 Å². The fraction of sp³-hybridized carbons (Fsp3) is 0.286. The van der Waals surface area contributed by atoms with Gasteiger partial charge < -0.3 is 9.64 Å². The lowest BCUT2D eigenvalue weighted by molar-refractivity contribution is -0.274. The molecule has 0 radical (unpaired) electrons. The fourth-order valence-corrected chi connectivity index (χ4v) is 4.32. The Morgan fingerprint density at radius 1 is 1.08 bits per heavy atom. The number of amides is 1. The maximum absolute atomic E-state index is 13.8. The van der Waals surface area contributed by atoms with Gasteiger partial charge in [0.15, 0.2) is 6.19 Å². The summed E-state index contributed by atoms with van der Waals surface area (Å²) in [5, 5.41) is 9.75. The van der Waals surface area contributed by atoms with Crippen LogP contribution in [-0.4, -0.2) is 30.8 Å². The van der Waals surface area contributed by atoms with Crippen LogP contribution in [0.1, 0.15) is 45.8 Å². The van der Waals surface area contributed by atoms with Crippen molar-refractivity contribution in [2.24, 2.45) is 0 Å². The Kier molecular flexibility index (Phi) is 7.94. The highest BCUT2D eigenvalue weighted by molar-refractivity contribution is 6.31. The molecule has 4 rings (SSSR count). The summed E-state index contributed by atoms with van der Waals surface area (Å²) in [5.41, 5.74) is 3.45. The van der Waals surface area contributed by atoms with Crippen LogP contribution in [0.25, 0.3) is 0 Å². The molecule has 1 saturated carbocycles. The fourth-order valence-electron chi connectivity index (χ4n) is 4.14. The molecule has 0 bridgehead atoms. The van der Waals surface area contributed by atoms with Gasteiger partial charge in [-0.25, -0.2) is 0 Å². The minimum atomic E-state index is -4.79. The van der Waals surface area contributed by atoms with E-state index in [1.807, 2.05) is 18.3 Å². The van der Waals surface area contributed by atoms with E-state index < -0.39 is 6.36 Å². The van der Waals surface area contributed by atoms with E-state index >= 15 is 0 Å². The summed E-state index contributed by atoms with van der Waals surface area (Å²) < 4.78 is 42.0. The zero-order chi connectivity index (χ0) is 26.6. The number of carbonyl (C=O) groups excluding carboxylic acids is 1. The maximum Gasteiger partial charge on any atom is 0.573 e. The van der Waals surface area contributed by atoms with Crippen molar-refractivity contribution >= 4 is 23.2 Å². The molecule has 0 aromatic heterocycles. The Labute approximate surface area is 218 Å². The van der Waals surface area contributed by atoms with Gasteiger partial charge in [0.05, 0.1) is 11.3 Å². The standard InChI is InChI=1S/C28H25ClF3N3O2/c1-34(18-33)26-12-11-23(29)16-25(26)27(36)35(17-20-5-7-21(8-6-20)22-9-10-22)14-13-19-3-2-4-24(15-19)37-28(30,31)32/h2-8,11-12,15-16,22H,9-10,13-14,17H2,1H3. The molecule has 1 amide bonds. The van der Waals surface area contributed by atoms with Gasteiger partial charge in [-0.3, -0.25) is 9.69 Å². The van der Waals surface area contributed by atoms with Crippen LogP contribution in [0.5, 0.6) is 5.75 Å². The first-order valence-corrected chi connectivity index (χ1v) is 12.2. The van der Waals surface area contributed by atoms with E-state index in [0.717, 1.165) is 5.56 Å². The van der Waals surface area contributed by atoms with E-state index in [9.17, 15) is 23.2 Å². The predicted octanol–water partition coefficient (Wildman–Crippen LogP) is 6.92. The average Bonchev–Trinajstić information content (AvgIpc) is 3.71. The largest absolute Gasteiger partial charge is 0.573 e. The number of hydrogen-bond acceptors (Lipinski definition) is 4. The maximum atomic E-state index is 13.8. The molecule has 1 aliphatic rings. The van der Waals surface area contributed by atoms with Crippen LogP contribution < -0.4 is 9.64 Å². The van der Waals surface area contributed by atoms with Crippen LogP contribution in [-0.2, 0) is 13.0 Å². The Bertz CT molecular complexity index is 1300. The van der Waals surface area contributed by atoms with E-state index in [0.29, 0.717) is 28.6 Å². The molecular formula is C28H25ClF3N3O2. The van der Waals surface area contributed by atoms with Crippen molar-refractivity contribution in [2.45, 2.75) is 38.1 Å². The van der Waals surface area contributed by atoms with Gasteiger partial charge >= 0.3 is 6.36 Å². The van der Waals surface area contributed by atoms with Crippen LogP contribution >= 0.6 is 11.6 Å². The quantitative estimate of drug-likeness (QED) is 0.224. The summed E-state index contributed by atoms with van der Waals surface area (Å²) in [6, 6.07) is 18.6. The number of carbonyl (C=O) groups is 1. The van der Waals surface area contributed by atoms with E-state index in [2.05, 4.69) is 16.9 Å². The van der Waals surface area contributed by atoms with Gasteiger partial charge in [0.1, 0.15) is 5.75 Å². The molecule has 0 saturated heterocycles. The Hall–Kier alpha value is -3.70. The summed E-state index contributed by atoms with van der Waals surface area (Å²) >= 11 is 6.19. The van der Waals surface area contributed by atoms with Gasteiger partial charge in [-0.05, 0) is 72.2 Å². The van der Waals surface area contributed by atoms with Gasteiger partial charge in [0, 0.05) is 25.2 Å². The molecule has 5 nitrogen and oxygen atoms in total. The summed E-state index contributed by atoms with van der Waals surface area (Å²) in [6.45, 7) is 0.506. The van der Waals surface area contributed by atoms with Crippen LogP contribution in [0.2, 0.25) is 5.02 Å². The van der Waals surface area contributed by atoms with Crippen molar-refractivity contribution in [3.63, 3.8) is 0 Å². The molecule has 3 aromatic rings. The van der Waals surface area contributed by atoms with E-state index in [1.165, 1.54) is 47.6 Å². The average molecular weight is 528 g/mol. The van der Waals surface area contributed by atoms with Gasteiger partial charge in [-0.1, -0.05) is 48.0 Å². The van der Waals surface area contributed by atoms with E-state index in [1.54, 1.807) is 30.1 Å². The van der Waals surface area contributed by atoms with Crippen molar-refractivity contribution < 1.29 is 22.7 Å². The lowest BCUT2D eigenvalue weighted by Gasteiger charge is -2.25. The first-order valence-electron chi connectivity index (χ1n) is 11.8. The second-order valence-corrected chi connectivity index (χ2v) is 9.44. The number of nitriles is 1. The molecule has 192 valence electrons. The minimum Gasteiger partial charge on any atom is -0.406 e. The smallest absolute Gasteiger partial charge is 0.406 e. The van der Waals surface area contributed by atoms with Crippen molar-refractivity contribution in [3.8, 4) is 11.9 Å². The topological polar surface area (TPSA) is 56.6 Å². The number of anilines is 1. The zero-order valence-electron chi connectivity index (χ0n) is 20.1. The summed E-state index contributed by atoms with van der Waals surface area (Å²) in [4.78, 5) is 16.7. The lowest BCUT2D eigenvalue weighted by Crippen LogP contribution is -2.33. The molecule has 0 spiro atoms. The second kappa shape index (κ2) is 11.1. The molecule has 0 heterocycles. The number of hydrogen-bond donors (Lipinski definition) is 0. The highest BCUT2D eigenvalue weighted by Gasteiger charge is 2.31. The van der Waals surface area contributed by atoms with Gasteiger partial charge in [-0.15, -0.1) is 13.2 Å². The molecular weight excluding hydrogens is 503 g/mol. The summed E-state index contributed by atoms with van der Waals surface area (Å²) in [6.07, 6.45) is -0.117. The Morgan fingerprint density at radius 2 is 1.81 bits per heavy atom. The molecule has 1 aliphatic carbocycles. The van der Waals surface area contributed by atoms with Crippen LogP contribution in [0, 0.1) is 11.5 Å². The first kappa shape index (κ1) is 26.4. The third-order valence-corrected chi connectivity index (χ3v) is 6.43. The number of halogens is 4. The third kappa shape index (κ3) is 7.17. The number of nitrogens with zero attached hydrogens (tertiary/aromatic N) is 3. The normalized spacial score (nSPS) is 13.1. The van der Waals surface area contributed by atoms with E-state index in [-0.39, 0.29) is 30.3 Å². The van der Waals surface area contributed by atoms with Crippen LogP contribution in [0.4, 0.5) is 18.9 Å². The van der Waals surface area contributed by atoms with Crippen LogP contribution in [0.3, 0.4) is 0 Å². The monoisotopic (exact) mass is 527 g/mol. The molecule has 37 heavy (non-hydrogen) atoms. The third-order valence-electron chi connectivity index (χ3n) is 6.19. The minimum absolute atomic E-state index is 0.223. The SMILES string of the molecule is CN(C#N)c1ccc(Cl)cc1C(=O)N(CCc1cccc(OC(F)(F)F)c1)Cc1ccc(C2CC2)cc1. The van der Waals surface area contributed by atoms with Crippen molar-refractivity contribution in [2.75, 3.05) is 18.5 Å². The molecule has 1 fully saturated rings. The molecule has 0 aliphatic heterocycles. The number of benzene rings is 3. The van der Waals surface area contributed by atoms with Crippen molar-refractivity contribution in [1.29, 1.82) is 5.26 Å². The predicted molar refractivity (Wildman–Crippen MR) is 135 cm³/mol. The molecule has 0 atom stereocenters. The van der Waals surface area contributed by atoms with Gasteiger partial charge in [0.25, 0.3) is 5.91 Å². The molecule has 3 aromatic carbocycles. The zero-order valence-corrected chi connectivity index (χ0v) is 20.9. The molecule has 0 N–H and O–H groups in total. The molecule has 9 heteroatoms.